The zero-order valence-corrected chi connectivity index (χ0v) is 22.4. The normalized spacial score (nSPS) is 11.4. The molecular weight excluding hydrogens is 516 g/mol. The molecular formula is C33H26N4O4. The molecule has 2 N–H and O–H groups in total. The fourth-order valence-corrected chi connectivity index (χ4v) is 4.26. The van der Waals surface area contributed by atoms with Gasteiger partial charge in [-0.2, -0.15) is 0 Å². The van der Waals surface area contributed by atoms with Crippen molar-refractivity contribution >= 4 is 23.0 Å². The molecule has 5 rings (SSSR count). The summed E-state index contributed by atoms with van der Waals surface area (Å²) in [5.74, 6) is 0.506. The number of allylic oxidation sites excluding steroid dienone is 2. The number of aliphatic hydroxyl groups is 1. The van der Waals surface area contributed by atoms with Crippen molar-refractivity contribution in [2.45, 2.75) is 13.8 Å². The molecule has 0 radical (unpaired) electrons. The molecule has 0 unspecified atom stereocenters. The van der Waals surface area contributed by atoms with E-state index in [9.17, 15) is 14.7 Å². The topological polar surface area (TPSA) is 114 Å². The molecule has 0 aliphatic carbocycles. The third-order valence-corrected chi connectivity index (χ3v) is 6.15. The fourth-order valence-electron chi connectivity index (χ4n) is 4.26. The van der Waals surface area contributed by atoms with Crippen LogP contribution in [0.1, 0.15) is 29.8 Å². The molecule has 0 aliphatic heterocycles. The number of aliphatic hydroxyl groups excluding tert-OH is 1. The molecule has 8 nitrogen and oxygen atoms in total. The highest BCUT2D eigenvalue weighted by atomic mass is 16.5. The highest BCUT2D eigenvalue weighted by molar-refractivity contribution is 6.20. The number of carbonyl (C=O) groups excluding carboxylic acids is 2. The Morgan fingerprint density at radius 3 is 1.73 bits per heavy atom. The lowest BCUT2D eigenvalue weighted by Crippen LogP contribution is -2.12. The van der Waals surface area contributed by atoms with Gasteiger partial charge in [0.1, 0.15) is 17.3 Å². The number of benzene rings is 2. The number of ether oxygens (including phenoxy) is 1. The van der Waals surface area contributed by atoms with E-state index in [0.29, 0.717) is 51.1 Å². The van der Waals surface area contributed by atoms with Crippen LogP contribution in [0.25, 0.3) is 28.3 Å². The Balaban J connectivity index is 1.32. The van der Waals surface area contributed by atoms with Gasteiger partial charge in [-0.15, -0.1) is 0 Å². The van der Waals surface area contributed by atoms with Crippen LogP contribution in [-0.2, 0) is 4.79 Å². The van der Waals surface area contributed by atoms with E-state index in [1.54, 1.807) is 60.9 Å². The lowest BCUT2D eigenvalue weighted by molar-refractivity contribution is -0.111. The lowest BCUT2D eigenvalue weighted by atomic mass is 10.00. The molecule has 8 heteroatoms. The number of carbonyl (C=O) groups is 2. The molecule has 0 saturated carbocycles. The third kappa shape index (κ3) is 6.51. The van der Waals surface area contributed by atoms with Crippen LogP contribution >= 0.6 is 0 Å². The second-order valence-electron chi connectivity index (χ2n) is 9.18. The summed E-state index contributed by atoms with van der Waals surface area (Å²) in [5, 5.41) is 12.7. The highest BCUT2D eigenvalue weighted by Gasteiger charge is 2.14. The Bertz CT molecular complexity index is 1660. The van der Waals surface area contributed by atoms with Crippen LogP contribution in [0.2, 0.25) is 0 Å². The van der Waals surface area contributed by atoms with Gasteiger partial charge in [-0.3, -0.25) is 19.6 Å². The number of nitrogens with one attached hydrogen (secondary N) is 1. The predicted molar refractivity (Wildman–Crippen MR) is 158 cm³/mol. The van der Waals surface area contributed by atoms with Gasteiger partial charge < -0.3 is 15.2 Å². The summed E-state index contributed by atoms with van der Waals surface area (Å²) in [5.41, 5.74) is 4.48. The van der Waals surface area contributed by atoms with E-state index >= 15 is 0 Å². The molecule has 3 heterocycles. The van der Waals surface area contributed by atoms with Crippen molar-refractivity contribution in [2.24, 2.45) is 0 Å². The number of aromatic nitrogens is 3. The van der Waals surface area contributed by atoms with Gasteiger partial charge in [0.2, 0.25) is 0 Å². The SMILES string of the molecule is CC(=O)/C(=C(/C)O)c1ccc(C(=O)Nc2ccc(Oc3cc(-c4ccccn4)nc(-c4ccccn4)c3)cc2)cc1. The minimum Gasteiger partial charge on any atom is -0.512 e. The number of rotatable bonds is 8. The van der Waals surface area contributed by atoms with Crippen LogP contribution in [0, 0.1) is 0 Å². The van der Waals surface area contributed by atoms with Crippen LogP contribution in [0.5, 0.6) is 11.5 Å². The van der Waals surface area contributed by atoms with Crippen molar-refractivity contribution in [3.63, 3.8) is 0 Å². The van der Waals surface area contributed by atoms with Gasteiger partial charge in [0.15, 0.2) is 5.78 Å². The summed E-state index contributed by atoms with van der Waals surface area (Å²) < 4.78 is 6.16. The molecule has 0 bridgehead atoms. The fraction of sp³-hybridized carbons (Fsp3) is 0.0606. The molecule has 0 fully saturated rings. The quantitative estimate of drug-likeness (QED) is 0.158. The van der Waals surface area contributed by atoms with Gasteiger partial charge in [0, 0.05) is 35.8 Å². The summed E-state index contributed by atoms with van der Waals surface area (Å²) in [4.78, 5) is 38.2. The van der Waals surface area contributed by atoms with Crippen LogP contribution in [0.4, 0.5) is 5.69 Å². The maximum absolute atomic E-state index is 12.8. The van der Waals surface area contributed by atoms with Gasteiger partial charge in [0.25, 0.3) is 5.91 Å². The van der Waals surface area contributed by atoms with Crippen molar-refractivity contribution < 1.29 is 19.4 Å². The van der Waals surface area contributed by atoms with E-state index in [2.05, 4.69) is 15.3 Å². The molecule has 41 heavy (non-hydrogen) atoms. The van der Waals surface area contributed by atoms with Crippen molar-refractivity contribution in [1.82, 2.24) is 15.0 Å². The van der Waals surface area contributed by atoms with Gasteiger partial charge in [-0.25, -0.2) is 4.98 Å². The number of pyridine rings is 3. The van der Waals surface area contributed by atoms with E-state index in [0.717, 1.165) is 0 Å². The van der Waals surface area contributed by atoms with Crippen molar-refractivity contribution in [3.05, 3.63) is 126 Å². The lowest BCUT2D eigenvalue weighted by Gasteiger charge is -2.11. The Morgan fingerprint density at radius 2 is 1.24 bits per heavy atom. The Morgan fingerprint density at radius 1 is 0.683 bits per heavy atom. The van der Waals surface area contributed by atoms with Crippen LogP contribution < -0.4 is 10.1 Å². The zero-order chi connectivity index (χ0) is 28.8. The largest absolute Gasteiger partial charge is 0.512 e. The maximum atomic E-state index is 12.8. The minimum absolute atomic E-state index is 0.0651. The summed E-state index contributed by atoms with van der Waals surface area (Å²) >= 11 is 0. The first-order valence-corrected chi connectivity index (χ1v) is 12.8. The summed E-state index contributed by atoms with van der Waals surface area (Å²) in [6, 6.07) is 28.4. The van der Waals surface area contributed by atoms with Crippen LogP contribution in [-0.4, -0.2) is 31.7 Å². The number of hydrogen-bond donors (Lipinski definition) is 2. The maximum Gasteiger partial charge on any atom is 0.255 e. The van der Waals surface area contributed by atoms with Gasteiger partial charge >= 0.3 is 0 Å². The van der Waals surface area contributed by atoms with Crippen molar-refractivity contribution in [1.29, 1.82) is 0 Å². The Hall–Kier alpha value is -5.63. The van der Waals surface area contributed by atoms with Gasteiger partial charge in [0.05, 0.1) is 28.3 Å². The van der Waals surface area contributed by atoms with Crippen molar-refractivity contribution in [2.75, 3.05) is 5.32 Å². The number of amides is 1. The van der Waals surface area contributed by atoms with Crippen LogP contribution in [0.3, 0.4) is 0 Å². The van der Waals surface area contributed by atoms with Crippen molar-refractivity contribution in [3.8, 4) is 34.3 Å². The van der Waals surface area contributed by atoms with E-state index in [1.807, 2.05) is 48.5 Å². The molecule has 0 spiro atoms. The molecule has 0 aliphatic rings. The number of nitrogens with zero attached hydrogens (tertiary/aromatic N) is 3. The monoisotopic (exact) mass is 542 g/mol. The molecule has 2 aromatic carbocycles. The van der Waals surface area contributed by atoms with E-state index in [-0.39, 0.29) is 23.0 Å². The van der Waals surface area contributed by atoms with E-state index in [4.69, 9.17) is 9.72 Å². The number of Topliss-reactive ketones (excluding diaryl/α,β-unsaturated/α-hetero) is 1. The molecule has 0 saturated heterocycles. The van der Waals surface area contributed by atoms with Gasteiger partial charge in [-0.05, 0) is 80.1 Å². The van der Waals surface area contributed by atoms with Gasteiger partial charge in [-0.1, -0.05) is 24.3 Å². The number of ketones is 1. The third-order valence-electron chi connectivity index (χ3n) is 6.15. The smallest absolute Gasteiger partial charge is 0.255 e. The highest BCUT2D eigenvalue weighted by Crippen LogP contribution is 2.30. The molecule has 3 aromatic heterocycles. The summed E-state index contributed by atoms with van der Waals surface area (Å²) in [6.07, 6.45) is 3.42. The standard InChI is InChI=1S/C33H26N4O4/c1-21(38)32(22(2)39)23-9-11-24(12-10-23)33(40)36-25-13-15-26(16-14-25)41-27-19-30(28-7-3-5-17-34-28)37-31(20-27)29-8-4-6-18-35-29/h3-20,38H,1-2H3,(H,36,40)/b32-21+. The average molecular weight is 543 g/mol. The Kier molecular flexibility index (Phi) is 7.92. The Labute approximate surface area is 237 Å². The second kappa shape index (κ2) is 12.0. The average Bonchev–Trinajstić information content (AvgIpc) is 2.99. The van der Waals surface area contributed by atoms with E-state index < -0.39 is 0 Å². The number of hydrogen-bond acceptors (Lipinski definition) is 7. The molecule has 5 aromatic rings. The molecule has 1 amide bonds. The molecule has 202 valence electrons. The number of anilines is 1. The van der Waals surface area contributed by atoms with E-state index in [1.165, 1.54) is 13.8 Å². The second-order valence-corrected chi connectivity index (χ2v) is 9.18. The summed E-state index contributed by atoms with van der Waals surface area (Å²) in [6.45, 7) is 2.84. The first-order chi connectivity index (χ1) is 19.9. The zero-order valence-electron chi connectivity index (χ0n) is 22.4. The van der Waals surface area contributed by atoms with Crippen LogP contribution in [0.15, 0.2) is 115 Å². The predicted octanol–water partition coefficient (Wildman–Crippen LogP) is 7.13. The first kappa shape index (κ1) is 27.0. The minimum atomic E-state index is -0.312. The molecule has 0 atom stereocenters. The first-order valence-electron chi connectivity index (χ1n) is 12.8. The summed E-state index contributed by atoms with van der Waals surface area (Å²) in [7, 11) is 0.